The van der Waals surface area contributed by atoms with Gasteiger partial charge in [-0.15, -0.1) is 0 Å². The van der Waals surface area contributed by atoms with Crippen LogP contribution in [0.15, 0.2) is 36.3 Å². The molecule has 0 aliphatic carbocycles. The van der Waals surface area contributed by atoms with Crippen molar-refractivity contribution in [3.63, 3.8) is 0 Å². The highest BCUT2D eigenvalue weighted by Gasteiger charge is 2.14. The largest absolute Gasteiger partial charge is 0.494 e. The molecule has 1 heterocycles. The number of hydrogen-bond acceptors (Lipinski definition) is 4. The van der Waals surface area contributed by atoms with E-state index in [9.17, 15) is 4.79 Å². The SMILES string of the molecule is CNCc1cccc(NC(=O)C2=COCCO2)c1. The van der Waals surface area contributed by atoms with Gasteiger partial charge < -0.3 is 20.1 Å². The van der Waals surface area contributed by atoms with Crippen LogP contribution in [0.5, 0.6) is 0 Å². The monoisotopic (exact) mass is 248 g/mol. The van der Waals surface area contributed by atoms with E-state index < -0.39 is 0 Å². The lowest BCUT2D eigenvalue weighted by atomic mass is 10.2. The summed E-state index contributed by atoms with van der Waals surface area (Å²) in [6.45, 7) is 1.64. The van der Waals surface area contributed by atoms with Gasteiger partial charge in [0.2, 0.25) is 5.76 Å². The summed E-state index contributed by atoms with van der Waals surface area (Å²) in [7, 11) is 1.88. The van der Waals surface area contributed by atoms with E-state index in [-0.39, 0.29) is 11.7 Å². The van der Waals surface area contributed by atoms with Crippen LogP contribution in [-0.4, -0.2) is 26.2 Å². The lowest BCUT2D eigenvalue weighted by molar-refractivity contribution is -0.117. The van der Waals surface area contributed by atoms with Crippen molar-refractivity contribution in [3.8, 4) is 0 Å². The number of nitrogens with one attached hydrogen (secondary N) is 2. The van der Waals surface area contributed by atoms with Crippen LogP contribution in [0.2, 0.25) is 0 Å². The Morgan fingerprint density at radius 3 is 3.00 bits per heavy atom. The second kappa shape index (κ2) is 6.07. The molecule has 5 nitrogen and oxygen atoms in total. The van der Waals surface area contributed by atoms with Gasteiger partial charge in [0.25, 0.3) is 5.91 Å². The molecule has 1 aliphatic rings. The maximum atomic E-state index is 11.8. The summed E-state index contributed by atoms with van der Waals surface area (Å²) in [6.07, 6.45) is 1.34. The molecule has 0 saturated carbocycles. The average molecular weight is 248 g/mol. The molecule has 1 aromatic carbocycles. The first kappa shape index (κ1) is 12.4. The molecule has 5 heteroatoms. The van der Waals surface area contributed by atoms with E-state index in [0.717, 1.165) is 17.8 Å². The Bertz CT molecular complexity index is 457. The van der Waals surface area contributed by atoms with Gasteiger partial charge in [-0.25, -0.2) is 0 Å². The summed E-state index contributed by atoms with van der Waals surface area (Å²) in [5, 5.41) is 5.83. The normalized spacial score (nSPS) is 14.2. The second-order valence-electron chi connectivity index (χ2n) is 3.89. The van der Waals surface area contributed by atoms with E-state index in [4.69, 9.17) is 9.47 Å². The highest BCUT2D eigenvalue weighted by Crippen LogP contribution is 2.13. The second-order valence-corrected chi connectivity index (χ2v) is 3.89. The predicted molar refractivity (Wildman–Crippen MR) is 67.8 cm³/mol. The van der Waals surface area contributed by atoms with Gasteiger partial charge in [0.15, 0.2) is 0 Å². The Labute approximate surface area is 106 Å². The molecule has 0 radical (unpaired) electrons. The average Bonchev–Trinajstić information content (AvgIpc) is 2.40. The molecule has 2 N–H and O–H groups in total. The van der Waals surface area contributed by atoms with Crippen LogP contribution in [0.1, 0.15) is 5.56 Å². The zero-order valence-electron chi connectivity index (χ0n) is 10.2. The van der Waals surface area contributed by atoms with Gasteiger partial charge in [-0.05, 0) is 24.7 Å². The van der Waals surface area contributed by atoms with Crippen LogP contribution in [-0.2, 0) is 20.8 Å². The number of carbonyl (C=O) groups is 1. The summed E-state index contributed by atoms with van der Waals surface area (Å²) in [6, 6.07) is 7.64. The third-order valence-corrected chi connectivity index (χ3v) is 2.44. The maximum Gasteiger partial charge on any atom is 0.294 e. The molecule has 1 aromatic rings. The summed E-state index contributed by atoms with van der Waals surface area (Å²) >= 11 is 0. The molecular formula is C13H16N2O3. The van der Waals surface area contributed by atoms with E-state index in [2.05, 4.69) is 10.6 Å². The van der Waals surface area contributed by atoms with Crippen LogP contribution in [0.25, 0.3) is 0 Å². The first-order chi connectivity index (χ1) is 8.79. The molecule has 18 heavy (non-hydrogen) atoms. The number of anilines is 1. The summed E-state index contributed by atoms with van der Waals surface area (Å²) < 4.78 is 10.2. The Kier molecular flexibility index (Phi) is 4.20. The summed E-state index contributed by atoms with van der Waals surface area (Å²) in [5.74, 6) is -0.0865. The van der Waals surface area contributed by atoms with Crippen molar-refractivity contribution in [3.05, 3.63) is 41.9 Å². The third-order valence-electron chi connectivity index (χ3n) is 2.44. The van der Waals surface area contributed by atoms with Crippen LogP contribution in [0.3, 0.4) is 0 Å². The van der Waals surface area contributed by atoms with E-state index in [1.54, 1.807) is 0 Å². The van der Waals surface area contributed by atoms with Crippen molar-refractivity contribution in [2.75, 3.05) is 25.6 Å². The van der Waals surface area contributed by atoms with Crippen molar-refractivity contribution in [1.29, 1.82) is 0 Å². The first-order valence-corrected chi connectivity index (χ1v) is 5.79. The van der Waals surface area contributed by atoms with Gasteiger partial charge in [0.1, 0.15) is 19.5 Å². The van der Waals surface area contributed by atoms with Crippen LogP contribution in [0.4, 0.5) is 5.69 Å². The Hall–Kier alpha value is -2.01. The first-order valence-electron chi connectivity index (χ1n) is 5.79. The minimum absolute atomic E-state index is 0.209. The van der Waals surface area contributed by atoms with Crippen molar-refractivity contribution in [1.82, 2.24) is 5.32 Å². The molecule has 0 unspecified atom stereocenters. The maximum absolute atomic E-state index is 11.8. The molecule has 0 bridgehead atoms. The lowest BCUT2D eigenvalue weighted by Crippen LogP contribution is -2.21. The fraction of sp³-hybridized carbons (Fsp3) is 0.308. The minimum Gasteiger partial charge on any atom is -0.494 e. The minimum atomic E-state index is -0.295. The van der Waals surface area contributed by atoms with E-state index in [0.29, 0.717) is 13.2 Å². The van der Waals surface area contributed by atoms with Gasteiger partial charge in [-0.1, -0.05) is 12.1 Å². The quantitative estimate of drug-likeness (QED) is 0.841. The van der Waals surface area contributed by atoms with Gasteiger partial charge >= 0.3 is 0 Å². The highest BCUT2D eigenvalue weighted by molar-refractivity contribution is 6.02. The van der Waals surface area contributed by atoms with Crippen LogP contribution >= 0.6 is 0 Å². The molecule has 0 spiro atoms. The Morgan fingerprint density at radius 2 is 2.28 bits per heavy atom. The number of amides is 1. The molecule has 2 rings (SSSR count). The van der Waals surface area contributed by atoms with Crippen molar-refractivity contribution in [2.24, 2.45) is 0 Å². The van der Waals surface area contributed by atoms with Crippen molar-refractivity contribution in [2.45, 2.75) is 6.54 Å². The van der Waals surface area contributed by atoms with Crippen LogP contribution in [0, 0.1) is 0 Å². The van der Waals surface area contributed by atoms with Gasteiger partial charge in [-0.2, -0.15) is 0 Å². The zero-order chi connectivity index (χ0) is 12.8. The van der Waals surface area contributed by atoms with Gasteiger partial charge in [-0.3, -0.25) is 4.79 Å². The highest BCUT2D eigenvalue weighted by atomic mass is 16.6. The standard InChI is InChI=1S/C13H16N2O3/c1-14-8-10-3-2-4-11(7-10)15-13(16)12-9-17-5-6-18-12/h2-4,7,9,14H,5-6,8H2,1H3,(H,15,16). The van der Waals surface area contributed by atoms with Crippen LogP contribution < -0.4 is 10.6 Å². The number of hydrogen-bond donors (Lipinski definition) is 2. The fourth-order valence-corrected chi connectivity index (χ4v) is 1.64. The number of carbonyl (C=O) groups excluding carboxylic acids is 1. The smallest absolute Gasteiger partial charge is 0.294 e. The third kappa shape index (κ3) is 3.24. The molecule has 0 fully saturated rings. The molecule has 0 saturated heterocycles. The fourth-order valence-electron chi connectivity index (χ4n) is 1.64. The lowest BCUT2D eigenvalue weighted by Gasteiger charge is -2.15. The topological polar surface area (TPSA) is 59.6 Å². The van der Waals surface area contributed by atoms with E-state index in [1.165, 1.54) is 6.26 Å². The predicted octanol–water partition coefficient (Wildman–Crippen LogP) is 1.23. The summed E-state index contributed by atoms with van der Waals surface area (Å²) in [4.78, 5) is 11.8. The number of benzene rings is 1. The molecule has 96 valence electrons. The Morgan fingerprint density at radius 1 is 1.39 bits per heavy atom. The molecule has 1 aliphatic heterocycles. The van der Waals surface area contributed by atoms with Crippen molar-refractivity contribution < 1.29 is 14.3 Å². The number of ether oxygens (including phenoxy) is 2. The zero-order valence-corrected chi connectivity index (χ0v) is 10.2. The molecule has 0 atom stereocenters. The molecule has 0 aromatic heterocycles. The summed E-state index contributed by atoms with van der Waals surface area (Å²) in [5.41, 5.74) is 1.84. The van der Waals surface area contributed by atoms with Crippen molar-refractivity contribution >= 4 is 11.6 Å². The van der Waals surface area contributed by atoms with E-state index in [1.807, 2.05) is 31.3 Å². The molecular weight excluding hydrogens is 232 g/mol. The van der Waals surface area contributed by atoms with Gasteiger partial charge in [0, 0.05) is 12.2 Å². The Balaban J connectivity index is 2.02. The molecule has 1 amide bonds. The number of rotatable bonds is 4. The van der Waals surface area contributed by atoms with Gasteiger partial charge in [0.05, 0.1) is 0 Å². The van der Waals surface area contributed by atoms with E-state index >= 15 is 0 Å².